The van der Waals surface area contributed by atoms with Gasteiger partial charge < -0.3 is 19.4 Å². The third-order valence-corrected chi connectivity index (χ3v) is 3.18. The standard InChI is InChI=1S/C14H18ClN3O2/c1-16-6-10-4-11(15)5-13(19-3)14(10)20-8-12-7-17-9-18(12)2/h4-5,7,9,16H,6,8H2,1-3H3. The molecule has 1 heterocycles. The molecule has 0 radical (unpaired) electrons. The van der Waals surface area contributed by atoms with Gasteiger partial charge in [0.15, 0.2) is 11.5 Å². The summed E-state index contributed by atoms with van der Waals surface area (Å²) in [6.07, 6.45) is 3.52. The fourth-order valence-corrected chi connectivity index (χ4v) is 2.16. The predicted molar refractivity (Wildman–Crippen MR) is 78.3 cm³/mol. The fourth-order valence-electron chi connectivity index (χ4n) is 1.93. The molecule has 0 bridgehead atoms. The number of methoxy groups -OCH3 is 1. The van der Waals surface area contributed by atoms with Crippen LogP contribution in [0, 0.1) is 0 Å². The van der Waals surface area contributed by atoms with E-state index in [0.717, 1.165) is 11.3 Å². The van der Waals surface area contributed by atoms with E-state index in [9.17, 15) is 0 Å². The molecule has 2 rings (SSSR count). The minimum Gasteiger partial charge on any atom is -0.493 e. The Morgan fingerprint density at radius 3 is 2.80 bits per heavy atom. The van der Waals surface area contributed by atoms with Crippen LogP contribution in [0.1, 0.15) is 11.3 Å². The first kappa shape index (κ1) is 14.7. The molecular weight excluding hydrogens is 278 g/mol. The van der Waals surface area contributed by atoms with E-state index in [-0.39, 0.29) is 0 Å². The van der Waals surface area contributed by atoms with Crippen molar-refractivity contribution in [2.75, 3.05) is 14.2 Å². The van der Waals surface area contributed by atoms with Crippen molar-refractivity contribution in [1.82, 2.24) is 14.9 Å². The average Bonchev–Trinajstić information content (AvgIpc) is 2.83. The highest BCUT2D eigenvalue weighted by atomic mass is 35.5. The maximum Gasteiger partial charge on any atom is 0.166 e. The van der Waals surface area contributed by atoms with E-state index in [1.165, 1.54) is 0 Å². The lowest BCUT2D eigenvalue weighted by Gasteiger charge is -2.15. The van der Waals surface area contributed by atoms with Gasteiger partial charge in [0.05, 0.1) is 25.3 Å². The minimum absolute atomic E-state index is 0.422. The Kier molecular flexibility index (Phi) is 4.87. The monoisotopic (exact) mass is 295 g/mol. The van der Waals surface area contributed by atoms with Gasteiger partial charge in [-0.25, -0.2) is 4.98 Å². The van der Waals surface area contributed by atoms with Gasteiger partial charge in [-0.2, -0.15) is 0 Å². The number of halogens is 1. The molecule has 5 nitrogen and oxygen atoms in total. The van der Waals surface area contributed by atoms with Crippen LogP contribution in [0.25, 0.3) is 0 Å². The van der Waals surface area contributed by atoms with E-state index in [2.05, 4.69) is 10.3 Å². The molecule has 1 aromatic heterocycles. The second-order valence-electron chi connectivity index (χ2n) is 4.41. The van der Waals surface area contributed by atoms with Crippen molar-refractivity contribution in [1.29, 1.82) is 0 Å². The number of hydrogen-bond acceptors (Lipinski definition) is 4. The largest absolute Gasteiger partial charge is 0.493 e. The van der Waals surface area contributed by atoms with Crippen molar-refractivity contribution < 1.29 is 9.47 Å². The number of rotatable bonds is 6. The number of ether oxygens (including phenoxy) is 2. The van der Waals surface area contributed by atoms with Gasteiger partial charge >= 0.3 is 0 Å². The fraction of sp³-hybridized carbons (Fsp3) is 0.357. The quantitative estimate of drug-likeness (QED) is 0.889. The molecule has 0 spiro atoms. The summed E-state index contributed by atoms with van der Waals surface area (Å²) in [6.45, 7) is 1.07. The van der Waals surface area contributed by atoms with Crippen LogP contribution in [-0.2, 0) is 20.2 Å². The Hall–Kier alpha value is -1.72. The van der Waals surface area contributed by atoms with Crippen LogP contribution >= 0.6 is 11.6 Å². The molecule has 6 heteroatoms. The first-order valence-corrected chi connectivity index (χ1v) is 6.62. The van der Waals surface area contributed by atoms with Crippen molar-refractivity contribution in [2.24, 2.45) is 7.05 Å². The zero-order valence-corrected chi connectivity index (χ0v) is 12.6. The Bertz CT molecular complexity index is 584. The van der Waals surface area contributed by atoms with Crippen molar-refractivity contribution in [3.05, 3.63) is 40.9 Å². The molecule has 0 amide bonds. The van der Waals surface area contributed by atoms with Crippen LogP contribution in [-0.4, -0.2) is 23.7 Å². The highest BCUT2D eigenvalue weighted by molar-refractivity contribution is 6.30. The summed E-state index contributed by atoms with van der Waals surface area (Å²) in [4.78, 5) is 4.07. The van der Waals surface area contributed by atoms with E-state index in [1.807, 2.05) is 24.7 Å². The third-order valence-electron chi connectivity index (χ3n) is 2.96. The number of aryl methyl sites for hydroxylation is 1. The molecule has 1 aromatic carbocycles. The van der Waals surface area contributed by atoms with Gasteiger partial charge in [-0.1, -0.05) is 11.6 Å². The molecule has 0 saturated carbocycles. The van der Waals surface area contributed by atoms with Crippen LogP contribution in [0.2, 0.25) is 5.02 Å². The molecule has 1 N–H and O–H groups in total. The number of nitrogens with one attached hydrogen (secondary N) is 1. The van der Waals surface area contributed by atoms with E-state index in [0.29, 0.717) is 29.7 Å². The summed E-state index contributed by atoms with van der Waals surface area (Å²) in [5.41, 5.74) is 1.94. The van der Waals surface area contributed by atoms with Gasteiger partial charge in [0, 0.05) is 30.2 Å². The van der Waals surface area contributed by atoms with Gasteiger partial charge in [-0.15, -0.1) is 0 Å². The van der Waals surface area contributed by atoms with Crippen molar-refractivity contribution in [3.63, 3.8) is 0 Å². The summed E-state index contributed by atoms with van der Waals surface area (Å²) >= 11 is 6.08. The van der Waals surface area contributed by atoms with E-state index < -0.39 is 0 Å². The summed E-state index contributed by atoms with van der Waals surface area (Å²) in [6, 6.07) is 3.62. The zero-order valence-electron chi connectivity index (χ0n) is 11.8. The molecule has 2 aromatic rings. The number of benzene rings is 1. The van der Waals surface area contributed by atoms with Crippen molar-refractivity contribution in [3.8, 4) is 11.5 Å². The highest BCUT2D eigenvalue weighted by Crippen LogP contribution is 2.35. The lowest BCUT2D eigenvalue weighted by atomic mass is 10.2. The first-order chi connectivity index (χ1) is 9.65. The molecule has 0 unspecified atom stereocenters. The molecule has 0 fully saturated rings. The second-order valence-corrected chi connectivity index (χ2v) is 4.85. The highest BCUT2D eigenvalue weighted by Gasteiger charge is 2.13. The van der Waals surface area contributed by atoms with Crippen molar-refractivity contribution >= 4 is 11.6 Å². The topological polar surface area (TPSA) is 48.3 Å². The number of aromatic nitrogens is 2. The van der Waals surface area contributed by atoms with Crippen molar-refractivity contribution in [2.45, 2.75) is 13.2 Å². The SMILES string of the molecule is CNCc1cc(Cl)cc(OC)c1OCc1cncn1C. The molecule has 0 saturated heterocycles. The zero-order chi connectivity index (χ0) is 14.5. The number of nitrogens with zero attached hydrogens (tertiary/aromatic N) is 2. The summed E-state index contributed by atoms with van der Waals surface area (Å²) in [5, 5.41) is 3.72. The van der Waals surface area contributed by atoms with Crippen LogP contribution in [0.15, 0.2) is 24.7 Å². The van der Waals surface area contributed by atoms with Gasteiger partial charge in [0.1, 0.15) is 6.61 Å². The molecule has 0 aliphatic rings. The maximum atomic E-state index is 6.08. The molecule has 20 heavy (non-hydrogen) atoms. The van der Waals surface area contributed by atoms with Gasteiger partial charge in [-0.05, 0) is 13.1 Å². The summed E-state index contributed by atoms with van der Waals surface area (Å²) in [5.74, 6) is 1.33. The van der Waals surface area contributed by atoms with Gasteiger partial charge in [0.2, 0.25) is 0 Å². The van der Waals surface area contributed by atoms with E-state index in [4.69, 9.17) is 21.1 Å². The summed E-state index contributed by atoms with van der Waals surface area (Å²) in [7, 11) is 5.41. The Morgan fingerprint density at radius 1 is 1.40 bits per heavy atom. The van der Waals surface area contributed by atoms with Crippen LogP contribution < -0.4 is 14.8 Å². The predicted octanol–water partition coefficient (Wildman–Crippen LogP) is 2.38. The molecule has 0 atom stereocenters. The minimum atomic E-state index is 0.422. The second kappa shape index (κ2) is 6.63. The van der Waals surface area contributed by atoms with Crippen LogP contribution in [0.4, 0.5) is 0 Å². The van der Waals surface area contributed by atoms with E-state index >= 15 is 0 Å². The Labute approximate surface area is 123 Å². The first-order valence-electron chi connectivity index (χ1n) is 6.24. The third kappa shape index (κ3) is 3.23. The molecule has 108 valence electrons. The Balaban J connectivity index is 2.26. The lowest BCUT2D eigenvalue weighted by Crippen LogP contribution is -2.09. The van der Waals surface area contributed by atoms with Crippen LogP contribution in [0.3, 0.4) is 0 Å². The lowest BCUT2D eigenvalue weighted by molar-refractivity contribution is 0.274. The smallest absolute Gasteiger partial charge is 0.166 e. The molecular formula is C14H18ClN3O2. The van der Waals surface area contributed by atoms with Gasteiger partial charge in [0.25, 0.3) is 0 Å². The number of hydrogen-bond donors (Lipinski definition) is 1. The molecule has 0 aliphatic heterocycles. The van der Waals surface area contributed by atoms with Gasteiger partial charge in [-0.3, -0.25) is 0 Å². The molecule has 0 aliphatic carbocycles. The average molecular weight is 296 g/mol. The van der Waals surface area contributed by atoms with E-state index in [1.54, 1.807) is 25.7 Å². The number of imidazole rings is 1. The summed E-state index contributed by atoms with van der Waals surface area (Å²) < 4.78 is 13.2. The maximum absolute atomic E-state index is 6.08. The Morgan fingerprint density at radius 2 is 2.20 bits per heavy atom. The normalized spacial score (nSPS) is 10.6. The van der Waals surface area contributed by atoms with Crippen LogP contribution in [0.5, 0.6) is 11.5 Å².